The summed E-state index contributed by atoms with van der Waals surface area (Å²) in [6.45, 7) is 2.65. The molecule has 0 radical (unpaired) electrons. The molecule has 0 unspecified atom stereocenters. The molecule has 0 aromatic heterocycles. The fourth-order valence-corrected chi connectivity index (χ4v) is 2.05. The maximum atomic E-state index is 12.3. The Balaban J connectivity index is 0.000000180. The minimum atomic E-state index is -0.439. The van der Waals surface area contributed by atoms with E-state index in [9.17, 15) is 4.39 Å². The van der Waals surface area contributed by atoms with Gasteiger partial charge < -0.3 is 16.2 Å². The number of piperidine rings is 1. The van der Waals surface area contributed by atoms with Crippen molar-refractivity contribution in [3.05, 3.63) is 29.0 Å². The first-order chi connectivity index (χ1) is 8.63. The second kappa shape index (κ2) is 8.29. The molecule has 0 atom stereocenters. The molecule has 3 nitrogen and oxygen atoms in total. The summed E-state index contributed by atoms with van der Waals surface area (Å²) >= 11 is 5.36. The van der Waals surface area contributed by atoms with Crippen molar-refractivity contribution in [3.8, 4) is 0 Å². The van der Waals surface area contributed by atoms with Crippen LogP contribution in [0.2, 0.25) is 5.02 Å². The van der Waals surface area contributed by atoms with Crippen LogP contribution >= 0.6 is 11.6 Å². The van der Waals surface area contributed by atoms with Crippen LogP contribution in [-0.4, -0.2) is 24.8 Å². The van der Waals surface area contributed by atoms with Crippen LogP contribution in [0.5, 0.6) is 0 Å². The first-order valence-electron chi connectivity index (χ1n) is 6.15. The SMILES string of the molecule is Nc1ccc(F)c(Cl)c1.OCCC1CCNCC1. The van der Waals surface area contributed by atoms with Gasteiger partial charge in [-0.15, -0.1) is 0 Å². The zero-order valence-corrected chi connectivity index (χ0v) is 11.1. The molecule has 1 heterocycles. The van der Waals surface area contributed by atoms with Crippen molar-refractivity contribution in [1.82, 2.24) is 5.32 Å². The second-order valence-electron chi connectivity index (χ2n) is 4.38. The first-order valence-corrected chi connectivity index (χ1v) is 6.53. The van der Waals surface area contributed by atoms with Gasteiger partial charge in [0.1, 0.15) is 5.82 Å². The Labute approximate surface area is 112 Å². The van der Waals surface area contributed by atoms with Gasteiger partial charge in [0.2, 0.25) is 0 Å². The van der Waals surface area contributed by atoms with Crippen LogP contribution in [0.3, 0.4) is 0 Å². The van der Waals surface area contributed by atoms with Gasteiger partial charge in [-0.1, -0.05) is 11.6 Å². The molecule has 0 saturated carbocycles. The van der Waals surface area contributed by atoms with E-state index in [0.717, 1.165) is 25.4 Å². The summed E-state index contributed by atoms with van der Waals surface area (Å²) in [5.74, 6) is 0.349. The smallest absolute Gasteiger partial charge is 0.141 e. The third-order valence-electron chi connectivity index (χ3n) is 2.94. The third kappa shape index (κ3) is 5.67. The van der Waals surface area contributed by atoms with Crippen molar-refractivity contribution in [2.75, 3.05) is 25.4 Å². The molecule has 1 aromatic rings. The van der Waals surface area contributed by atoms with E-state index in [1.807, 2.05) is 0 Å². The maximum Gasteiger partial charge on any atom is 0.141 e. The number of aliphatic hydroxyl groups excluding tert-OH is 1. The largest absolute Gasteiger partial charge is 0.399 e. The van der Waals surface area contributed by atoms with Crippen LogP contribution in [0, 0.1) is 11.7 Å². The number of halogens is 2. The molecule has 0 bridgehead atoms. The van der Waals surface area contributed by atoms with E-state index in [-0.39, 0.29) is 5.02 Å². The molecule has 4 N–H and O–H groups in total. The fourth-order valence-electron chi connectivity index (χ4n) is 1.87. The number of anilines is 1. The lowest BCUT2D eigenvalue weighted by Crippen LogP contribution is -2.28. The average molecular weight is 275 g/mol. The van der Waals surface area contributed by atoms with E-state index in [1.165, 1.54) is 31.0 Å². The summed E-state index contributed by atoms with van der Waals surface area (Å²) in [5, 5.41) is 12.0. The van der Waals surface area contributed by atoms with Crippen molar-refractivity contribution in [2.24, 2.45) is 5.92 Å². The second-order valence-corrected chi connectivity index (χ2v) is 4.79. The summed E-state index contributed by atoms with van der Waals surface area (Å²) in [6, 6.07) is 4.07. The van der Waals surface area contributed by atoms with E-state index < -0.39 is 5.82 Å². The summed E-state index contributed by atoms with van der Waals surface area (Å²) in [7, 11) is 0. The summed E-state index contributed by atoms with van der Waals surface area (Å²) < 4.78 is 12.3. The standard InChI is InChI=1S/C7H15NO.C6H5ClFN/c9-6-3-7-1-4-8-5-2-7;7-5-3-4(9)1-2-6(5)8/h7-9H,1-6H2;1-3H,9H2. The number of hydrogen-bond acceptors (Lipinski definition) is 3. The Bertz CT molecular complexity index is 354. The predicted octanol–water partition coefficient (Wildman–Crippen LogP) is 2.43. The van der Waals surface area contributed by atoms with Gasteiger partial charge in [0.15, 0.2) is 0 Å². The van der Waals surface area contributed by atoms with Gasteiger partial charge in [-0.3, -0.25) is 0 Å². The number of benzene rings is 1. The molecule has 1 aromatic carbocycles. The van der Waals surface area contributed by atoms with Crippen LogP contribution < -0.4 is 11.1 Å². The zero-order chi connectivity index (χ0) is 13.4. The van der Waals surface area contributed by atoms with Gasteiger partial charge in [0.25, 0.3) is 0 Å². The van der Waals surface area contributed by atoms with Gasteiger partial charge in [-0.25, -0.2) is 4.39 Å². The minimum absolute atomic E-state index is 0.0648. The van der Waals surface area contributed by atoms with Gasteiger partial charge >= 0.3 is 0 Å². The Morgan fingerprint density at radius 3 is 2.56 bits per heavy atom. The van der Waals surface area contributed by atoms with Crippen LogP contribution in [0.1, 0.15) is 19.3 Å². The Kier molecular flexibility index (Phi) is 7.01. The highest BCUT2D eigenvalue weighted by molar-refractivity contribution is 6.31. The summed E-state index contributed by atoms with van der Waals surface area (Å²) in [6.07, 6.45) is 3.50. The molecule has 1 saturated heterocycles. The monoisotopic (exact) mass is 274 g/mol. The van der Waals surface area contributed by atoms with Gasteiger partial charge in [0, 0.05) is 12.3 Å². The third-order valence-corrected chi connectivity index (χ3v) is 3.23. The molecule has 1 aliphatic heterocycles. The van der Waals surface area contributed by atoms with Crippen molar-refractivity contribution in [1.29, 1.82) is 0 Å². The fraction of sp³-hybridized carbons (Fsp3) is 0.538. The van der Waals surface area contributed by atoms with Crippen LogP contribution in [0.15, 0.2) is 18.2 Å². The topological polar surface area (TPSA) is 58.3 Å². The molecule has 18 heavy (non-hydrogen) atoms. The van der Waals surface area contributed by atoms with E-state index in [1.54, 1.807) is 0 Å². The number of aliphatic hydroxyl groups is 1. The molecule has 1 fully saturated rings. The van der Waals surface area contributed by atoms with E-state index in [0.29, 0.717) is 12.3 Å². The molecular formula is C13H20ClFN2O. The van der Waals surface area contributed by atoms with E-state index in [2.05, 4.69) is 5.32 Å². The van der Waals surface area contributed by atoms with E-state index >= 15 is 0 Å². The summed E-state index contributed by atoms with van der Waals surface area (Å²) in [4.78, 5) is 0. The Morgan fingerprint density at radius 1 is 1.39 bits per heavy atom. The normalized spacial score (nSPS) is 15.9. The lowest BCUT2D eigenvalue weighted by atomic mass is 9.95. The van der Waals surface area contributed by atoms with Crippen LogP contribution in [0.25, 0.3) is 0 Å². The molecule has 5 heteroatoms. The predicted molar refractivity (Wildman–Crippen MR) is 73.1 cm³/mol. The van der Waals surface area contributed by atoms with Crippen molar-refractivity contribution < 1.29 is 9.50 Å². The minimum Gasteiger partial charge on any atom is -0.399 e. The molecule has 0 aliphatic carbocycles. The highest BCUT2D eigenvalue weighted by atomic mass is 35.5. The average Bonchev–Trinajstić information content (AvgIpc) is 2.37. The van der Waals surface area contributed by atoms with Crippen molar-refractivity contribution in [3.63, 3.8) is 0 Å². The van der Waals surface area contributed by atoms with Crippen molar-refractivity contribution >= 4 is 17.3 Å². The lowest BCUT2D eigenvalue weighted by Gasteiger charge is -2.21. The maximum absolute atomic E-state index is 12.3. The summed E-state index contributed by atoms with van der Waals surface area (Å²) in [5.41, 5.74) is 5.75. The molecule has 1 aliphatic rings. The van der Waals surface area contributed by atoms with Crippen LogP contribution in [-0.2, 0) is 0 Å². The highest BCUT2D eigenvalue weighted by Crippen LogP contribution is 2.16. The molecule has 0 spiro atoms. The Morgan fingerprint density at radius 2 is 2.06 bits per heavy atom. The number of nitrogen functional groups attached to an aromatic ring is 1. The van der Waals surface area contributed by atoms with Crippen molar-refractivity contribution in [2.45, 2.75) is 19.3 Å². The molecule has 2 rings (SSSR count). The number of nitrogens with two attached hydrogens (primary N) is 1. The highest BCUT2D eigenvalue weighted by Gasteiger charge is 2.10. The van der Waals surface area contributed by atoms with E-state index in [4.69, 9.17) is 22.4 Å². The lowest BCUT2D eigenvalue weighted by molar-refractivity contribution is 0.235. The van der Waals surface area contributed by atoms with Gasteiger partial charge in [-0.2, -0.15) is 0 Å². The first kappa shape index (κ1) is 15.2. The molecular weight excluding hydrogens is 255 g/mol. The molecule has 0 amide bonds. The molecule has 102 valence electrons. The number of hydrogen-bond donors (Lipinski definition) is 3. The zero-order valence-electron chi connectivity index (χ0n) is 10.3. The number of rotatable bonds is 2. The van der Waals surface area contributed by atoms with Gasteiger partial charge in [-0.05, 0) is 56.5 Å². The Hall–Kier alpha value is -0.840. The van der Waals surface area contributed by atoms with Crippen LogP contribution in [0.4, 0.5) is 10.1 Å². The van der Waals surface area contributed by atoms with Gasteiger partial charge in [0.05, 0.1) is 5.02 Å². The number of nitrogens with one attached hydrogen (secondary N) is 1. The quantitative estimate of drug-likeness (QED) is 0.726.